The van der Waals surface area contributed by atoms with E-state index in [0.29, 0.717) is 34.6 Å². The van der Waals surface area contributed by atoms with E-state index in [4.69, 9.17) is 14.2 Å². The molecule has 0 aliphatic carbocycles. The number of carbonyl (C=O) groups excluding carboxylic acids is 3. The van der Waals surface area contributed by atoms with Crippen molar-refractivity contribution in [3.8, 4) is 5.75 Å². The summed E-state index contributed by atoms with van der Waals surface area (Å²) < 4.78 is 16.0. The van der Waals surface area contributed by atoms with Crippen LogP contribution >= 0.6 is 0 Å². The van der Waals surface area contributed by atoms with Crippen LogP contribution in [0.1, 0.15) is 41.3 Å². The Morgan fingerprint density at radius 1 is 1.06 bits per heavy atom. The zero-order chi connectivity index (χ0) is 24.7. The molecule has 1 unspecified atom stereocenters. The third kappa shape index (κ3) is 5.75. The van der Waals surface area contributed by atoms with Crippen LogP contribution in [-0.4, -0.2) is 62.2 Å². The van der Waals surface area contributed by atoms with Crippen molar-refractivity contribution >= 4 is 23.5 Å². The lowest BCUT2D eigenvalue weighted by Crippen LogP contribution is -2.59. The summed E-state index contributed by atoms with van der Waals surface area (Å²) in [6.07, 6.45) is 1.86. The van der Waals surface area contributed by atoms with E-state index in [1.54, 1.807) is 19.1 Å². The number of nitrogens with zero attached hydrogens (tertiary/aromatic N) is 1. The van der Waals surface area contributed by atoms with Gasteiger partial charge in [0.1, 0.15) is 12.4 Å². The molecule has 1 saturated heterocycles. The Labute approximate surface area is 200 Å². The van der Waals surface area contributed by atoms with Crippen molar-refractivity contribution in [2.24, 2.45) is 0 Å². The van der Waals surface area contributed by atoms with Crippen molar-refractivity contribution in [3.63, 3.8) is 0 Å². The third-order valence-electron chi connectivity index (χ3n) is 6.54. The van der Waals surface area contributed by atoms with Gasteiger partial charge in [0.05, 0.1) is 38.6 Å². The van der Waals surface area contributed by atoms with Gasteiger partial charge in [-0.3, -0.25) is 4.79 Å². The molecular formula is C26H33N2O6+. The number of carbonyl (C=O) groups is 3. The van der Waals surface area contributed by atoms with Crippen molar-refractivity contribution in [1.29, 1.82) is 0 Å². The van der Waals surface area contributed by atoms with Crippen LogP contribution in [0.3, 0.4) is 0 Å². The van der Waals surface area contributed by atoms with Gasteiger partial charge in [0.25, 0.3) is 5.91 Å². The standard InChI is InChI=1S/C26H32N2O6/c1-18-14-21(32-3)15-22(26(31)33-4)24(18)27-25(30)19(2)28(12-8-9-13-28)16-23(29)34-17-20-10-6-5-7-11-20/h5-7,10-11,14-15,19H,8-9,12-13,16-17H2,1-4H3/p+1. The van der Waals surface area contributed by atoms with E-state index < -0.39 is 12.0 Å². The number of likely N-dealkylation sites (tertiary alicyclic amines) is 1. The van der Waals surface area contributed by atoms with Gasteiger partial charge in [0.15, 0.2) is 12.6 Å². The van der Waals surface area contributed by atoms with E-state index >= 15 is 0 Å². The monoisotopic (exact) mass is 469 g/mol. The van der Waals surface area contributed by atoms with Crippen LogP contribution in [0.4, 0.5) is 5.69 Å². The number of methoxy groups -OCH3 is 2. The molecule has 0 spiro atoms. The fourth-order valence-corrected chi connectivity index (χ4v) is 4.47. The Hall–Kier alpha value is -3.39. The molecule has 0 bridgehead atoms. The molecule has 1 amide bonds. The SMILES string of the molecule is COC(=O)c1cc(OC)cc(C)c1NC(=O)C(C)[N+]1(CC(=O)OCc2ccccc2)CCCC1. The second-order valence-electron chi connectivity index (χ2n) is 8.70. The molecule has 1 N–H and O–H groups in total. The summed E-state index contributed by atoms with van der Waals surface area (Å²) in [5.74, 6) is -0.676. The molecule has 8 nitrogen and oxygen atoms in total. The number of amides is 1. The molecule has 3 rings (SSSR count). The summed E-state index contributed by atoms with van der Waals surface area (Å²) in [5, 5.41) is 2.91. The molecule has 34 heavy (non-hydrogen) atoms. The van der Waals surface area contributed by atoms with Gasteiger partial charge in [-0.2, -0.15) is 0 Å². The molecule has 1 atom stereocenters. The first-order chi connectivity index (χ1) is 16.3. The summed E-state index contributed by atoms with van der Waals surface area (Å²) >= 11 is 0. The maximum atomic E-state index is 13.4. The Balaban J connectivity index is 1.76. The van der Waals surface area contributed by atoms with Crippen LogP contribution in [0.25, 0.3) is 0 Å². The van der Waals surface area contributed by atoms with Gasteiger partial charge in [0.2, 0.25) is 0 Å². The number of quaternary nitrogens is 1. The Kier molecular flexibility index (Phi) is 8.28. The first kappa shape index (κ1) is 25.2. The van der Waals surface area contributed by atoms with Gasteiger partial charge >= 0.3 is 11.9 Å². The summed E-state index contributed by atoms with van der Waals surface area (Å²) in [5.41, 5.74) is 2.19. The van der Waals surface area contributed by atoms with Crippen LogP contribution in [0, 0.1) is 6.92 Å². The second kappa shape index (κ2) is 11.2. The quantitative estimate of drug-likeness (QED) is 0.447. The average Bonchev–Trinajstić information content (AvgIpc) is 3.32. The van der Waals surface area contributed by atoms with Crippen LogP contribution in [-0.2, 0) is 25.7 Å². The van der Waals surface area contributed by atoms with Crippen LogP contribution < -0.4 is 10.1 Å². The number of rotatable bonds is 9. The van der Waals surface area contributed by atoms with E-state index in [1.807, 2.05) is 37.3 Å². The predicted octanol–water partition coefficient (Wildman–Crippen LogP) is 3.47. The molecular weight excluding hydrogens is 436 g/mol. The minimum absolute atomic E-state index is 0.118. The predicted molar refractivity (Wildman–Crippen MR) is 127 cm³/mol. The topological polar surface area (TPSA) is 90.9 Å². The average molecular weight is 470 g/mol. The van der Waals surface area contributed by atoms with Crippen LogP contribution in [0.5, 0.6) is 5.75 Å². The largest absolute Gasteiger partial charge is 0.497 e. The molecule has 2 aromatic carbocycles. The smallest absolute Gasteiger partial charge is 0.362 e. The lowest BCUT2D eigenvalue weighted by Gasteiger charge is -2.38. The van der Waals surface area contributed by atoms with Gasteiger partial charge in [-0.1, -0.05) is 30.3 Å². The first-order valence-corrected chi connectivity index (χ1v) is 11.4. The number of nitrogens with one attached hydrogen (secondary N) is 1. The summed E-state index contributed by atoms with van der Waals surface area (Å²) in [6.45, 7) is 5.35. The first-order valence-electron chi connectivity index (χ1n) is 11.4. The molecule has 0 saturated carbocycles. The summed E-state index contributed by atoms with van der Waals surface area (Å²) in [7, 11) is 2.80. The Bertz CT molecular complexity index is 1030. The summed E-state index contributed by atoms with van der Waals surface area (Å²) in [4.78, 5) is 38.5. The van der Waals surface area contributed by atoms with Gasteiger partial charge in [-0.25, -0.2) is 9.59 Å². The second-order valence-corrected chi connectivity index (χ2v) is 8.70. The van der Waals surface area contributed by atoms with Gasteiger partial charge in [-0.05, 0) is 37.1 Å². The zero-order valence-electron chi connectivity index (χ0n) is 20.3. The van der Waals surface area contributed by atoms with Crippen molar-refractivity contribution in [1.82, 2.24) is 0 Å². The molecule has 1 aliphatic heterocycles. The number of hydrogen-bond donors (Lipinski definition) is 1. The maximum absolute atomic E-state index is 13.4. The van der Waals surface area contributed by atoms with Gasteiger partial charge in [0, 0.05) is 12.8 Å². The van der Waals surface area contributed by atoms with E-state index in [9.17, 15) is 14.4 Å². The minimum Gasteiger partial charge on any atom is -0.497 e. The van der Waals surface area contributed by atoms with Gasteiger partial charge < -0.3 is 24.0 Å². The van der Waals surface area contributed by atoms with Crippen LogP contribution in [0.15, 0.2) is 42.5 Å². The van der Waals surface area contributed by atoms with Crippen molar-refractivity contribution in [2.45, 2.75) is 39.3 Å². The third-order valence-corrected chi connectivity index (χ3v) is 6.54. The number of anilines is 1. The minimum atomic E-state index is -0.570. The molecule has 182 valence electrons. The van der Waals surface area contributed by atoms with Gasteiger partial charge in [-0.15, -0.1) is 0 Å². The fourth-order valence-electron chi connectivity index (χ4n) is 4.47. The fraction of sp³-hybridized carbons (Fsp3) is 0.423. The number of aryl methyl sites for hydroxylation is 1. The lowest BCUT2D eigenvalue weighted by molar-refractivity contribution is -0.922. The van der Waals surface area contributed by atoms with Crippen LogP contribution in [0.2, 0.25) is 0 Å². The zero-order valence-corrected chi connectivity index (χ0v) is 20.3. The molecule has 1 heterocycles. The van der Waals surface area contributed by atoms with E-state index in [-0.39, 0.29) is 30.6 Å². The molecule has 8 heteroatoms. The lowest BCUT2D eigenvalue weighted by atomic mass is 10.1. The normalized spacial score (nSPS) is 15.3. The van der Waals surface area contributed by atoms with E-state index in [2.05, 4.69) is 5.32 Å². The number of hydrogen-bond acceptors (Lipinski definition) is 6. The number of esters is 2. The molecule has 1 fully saturated rings. The number of benzene rings is 2. The highest BCUT2D eigenvalue weighted by atomic mass is 16.5. The van der Waals surface area contributed by atoms with Crippen molar-refractivity contribution in [3.05, 3.63) is 59.2 Å². The van der Waals surface area contributed by atoms with E-state index in [0.717, 1.165) is 18.4 Å². The maximum Gasteiger partial charge on any atom is 0.362 e. The Morgan fingerprint density at radius 2 is 1.74 bits per heavy atom. The Morgan fingerprint density at radius 3 is 2.35 bits per heavy atom. The highest BCUT2D eigenvalue weighted by Crippen LogP contribution is 2.30. The highest BCUT2D eigenvalue weighted by molar-refractivity contribution is 6.03. The van der Waals surface area contributed by atoms with E-state index in [1.165, 1.54) is 14.2 Å². The molecule has 2 aromatic rings. The molecule has 0 aromatic heterocycles. The molecule has 0 radical (unpaired) electrons. The summed E-state index contributed by atoms with van der Waals surface area (Å²) in [6, 6.07) is 12.3. The molecule has 1 aliphatic rings. The van der Waals surface area contributed by atoms with Crippen molar-refractivity contribution < 1.29 is 33.1 Å². The highest BCUT2D eigenvalue weighted by Gasteiger charge is 2.43. The number of ether oxygens (including phenoxy) is 3. The van der Waals surface area contributed by atoms with Crippen molar-refractivity contribution in [2.75, 3.05) is 39.2 Å².